The molecule has 4 nitrogen and oxygen atoms in total. The fourth-order valence-corrected chi connectivity index (χ4v) is 4.55. The molecule has 0 bridgehead atoms. The summed E-state index contributed by atoms with van der Waals surface area (Å²) in [6.07, 6.45) is 23.0. The first kappa shape index (κ1) is 31.6. The van der Waals surface area contributed by atoms with Crippen LogP contribution in [0.15, 0.2) is 18.2 Å². The van der Waals surface area contributed by atoms with Gasteiger partial charge in [-0.2, -0.15) is 0 Å². The highest BCUT2D eigenvalue weighted by atomic mass is 15.1. The number of rotatable bonds is 25. The molecule has 0 aliphatic carbocycles. The second-order valence-corrected chi connectivity index (χ2v) is 10.7. The maximum absolute atomic E-state index is 3.69. The van der Waals surface area contributed by atoms with E-state index in [1.807, 2.05) is 0 Å². The van der Waals surface area contributed by atoms with Crippen LogP contribution in [0.5, 0.6) is 0 Å². The van der Waals surface area contributed by atoms with Gasteiger partial charge in [-0.05, 0) is 58.1 Å². The minimum absolute atomic E-state index is 1.01. The maximum atomic E-state index is 3.69. The van der Waals surface area contributed by atoms with E-state index in [1.165, 1.54) is 120 Å². The smallest absolute Gasteiger partial charge is 0.0381 e. The maximum Gasteiger partial charge on any atom is 0.0381 e. The van der Waals surface area contributed by atoms with Gasteiger partial charge in [-0.15, -0.1) is 0 Å². The lowest BCUT2D eigenvalue weighted by Crippen LogP contribution is -2.16. The predicted octanol–water partition coefficient (Wildman–Crippen LogP) is 9.16. The van der Waals surface area contributed by atoms with Crippen LogP contribution in [0, 0.1) is 0 Å². The number of anilines is 3. The van der Waals surface area contributed by atoms with Gasteiger partial charge in [-0.3, -0.25) is 0 Å². The number of nitrogens with one attached hydrogen (secondary N) is 3. The van der Waals surface area contributed by atoms with Crippen molar-refractivity contribution < 1.29 is 0 Å². The van der Waals surface area contributed by atoms with Gasteiger partial charge in [0.2, 0.25) is 0 Å². The molecule has 0 atom stereocenters. The van der Waals surface area contributed by atoms with Crippen LogP contribution in [0.1, 0.15) is 123 Å². The molecule has 0 aliphatic heterocycles. The van der Waals surface area contributed by atoms with Crippen molar-refractivity contribution in [2.75, 3.05) is 56.2 Å². The number of hydrogen-bond donors (Lipinski definition) is 3. The third-order valence-electron chi connectivity index (χ3n) is 6.76. The third kappa shape index (κ3) is 19.4. The normalized spacial score (nSPS) is 11.2. The van der Waals surface area contributed by atoms with E-state index in [0.717, 1.165) is 32.6 Å². The Morgan fingerprint density at radius 1 is 0.457 bits per heavy atom. The predicted molar refractivity (Wildman–Crippen MR) is 160 cm³/mol. The Morgan fingerprint density at radius 2 is 0.771 bits per heavy atom. The van der Waals surface area contributed by atoms with Crippen LogP contribution in [-0.2, 0) is 0 Å². The van der Waals surface area contributed by atoms with Crippen LogP contribution in [-0.4, -0.2) is 45.2 Å². The van der Waals surface area contributed by atoms with Crippen molar-refractivity contribution >= 4 is 17.1 Å². The Labute approximate surface area is 219 Å². The SMILES string of the molecule is CCCCCCCCCCNc1cc(NCCCCCCCCCC)cc(NCCCN(C)C)c1. The van der Waals surface area contributed by atoms with Gasteiger partial charge in [0, 0.05) is 36.7 Å². The quantitative estimate of drug-likeness (QED) is 0.120. The standard InChI is InChI=1S/C31H60N4/c1-5-7-9-11-13-15-17-19-22-32-29-26-30(28-31(27-29)34-24-21-25-35(3)4)33-23-20-18-16-14-12-10-8-6-2/h26-28,32-34H,5-25H2,1-4H3. The van der Waals surface area contributed by atoms with Crippen molar-refractivity contribution in [2.24, 2.45) is 0 Å². The molecule has 1 aromatic carbocycles. The Kier molecular flexibility index (Phi) is 20.8. The Morgan fingerprint density at radius 3 is 1.11 bits per heavy atom. The van der Waals surface area contributed by atoms with Crippen LogP contribution in [0.2, 0.25) is 0 Å². The van der Waals surface area contributed by atoms with E-state index >= 15 is 0 Å². The second-order valence-electron chi connectivity index (χ2n) is 10.7. The van der Waals surface area contributed by atoms with Crippen molar-refractivity contribution in [2.45, 2.75) is 123 Å². The summed E-state index contributed by atoms with van der Waals surface area (Å²) in [4.78, 5) is 2.25. The van der Waals surface area contributed by atoms with Gasteiger partial charge in [0.15, 0.2) is 0 Å². The minimum atomic E-state index is 1.01. The lowest BCUT2D eigenvalue weighted by atomic mass is 10.1. The molecule has 0 saturated carbocycles. The summed E-state index contributed by atoms with van der Waals surface area (Å²) in [6, 6.07) is 6.85. The van der Waals surface area contributed by atoms with E-state index in [9.17, 15) is 0 Å². The fraction of sp³-hybridized carbons (Fsp3) is 0.806. The van der Waals surface area contributed by atoms with Crippen molar-refractivity contribution in [3.8, 4) is 0 Å². The molecular weight excluding hydrogens is 428 g/mol. The van der Waals surface area contributed by atoms with E-state index in [-0.39, 0.29) is 0 Å². The summed E-state index contributed by atoms with van der Waals surface area (Å²) >= 11 is 0. The molecule has 0 aromatic heterocycles. The molecule has 0 saturated heterocycles. The van der Waals surface area contributed by atoms with Crippen LogP contribution in [0.25, 0.3) is 0 Å². The van der Waals surface area contributed by atoms with Crippen LogP contribution in [0.3, 0.4) is 0 Å². The van der Waals surface area contributed by atoms with Crippen LogP contribution >= 0.6 is 0 Å². The molecule has 0 spiro atoms. The summed E-state index contributed by atoms with van der Waals surface area (Å²) in [5.41, 5.74) is 3.70. The summed E-state index contributed by atoms with van der Waals surface area (Å²) < 4.78 is 0. The summed E-state index contributed by atoms with van der Waals surface area (Å²) in [7, 11) is 4.28. The third-order valence-corrected chi connectivity index (χ3v) is 6.76. The zero-order valence-electron chi connectivity index (χ0n) is 24.0. The zero-order chi connectivity index (χ0) is 25.4. The molecule has 0 radical (unpaired) electrons. The molecule has 3 N–H and O–H groups in total. The lowest BCUT2D eigenvalue weighted by Gasteiger charge is -2.15. The van der Waals surface area contributed by atoms with Gasteiger partial charge >= 0.3 is 0 Å². The van der Waals surface area contributed by atoms with Crippen molar-refractivity contribution in [3.63, 3.8) is 0 Å². The fourth-order valence-electron chi connectivity index (χ4n) is 4.55. The summed E-state index contributed by atoms with van der Waals surface area (Å²) in [5, 5.41) is 11.0. The molecule has 1 aromatic rings. The van der Waals surface area contributed by atoms with E-state index in [2.05, 4.69) is 67.0 Å². The van der Waals surface area contributed by atoms with Gasteiger partial charge in [-0.25, -0.2) is 0 Å². The molecule has 0 unspecified atom stereocenters. The summed E-state index contributed by atoms with van der Waals surface area (Å²) in [6.45, 7) is 8.84. The highest BCUT2D eigenvalue weighted by molar-refractivity contribution is 5.67. The first-order valence-electron chi connectivity index (χ1n) is 15.2. The molecule has 4 heteroatoms. The highest BCUT2D eigenvalue weighted by Gasteiger charge is 2.02. The molecular formula is C31H60N4. The Hall–Kier alpha value is -1.42. The first-order chi connectivity index (χ1) is 17.2. The average molecular weight is 489 g/mol. The minimum Gasteiger partial charge on any atom is -0.385 e. The topological polar surface area (TPSA) is 39.3 Å². The van der Waals surface area contributed by atoms with E-state index in [4.69, 9.17) is 0 Å². The number of benzene rings is 1. The average Bonchev–Trinajstić information content (AvgIpc) is 2.84. The molecule has 0 aliphatic rings. The molecule has 0 fully saturated rings. The second kappa shape index (κ2) is 23.0. The number of nitrogens with zero attached hydrogens (tertiary/aromatic N) is 1. The molecule has 0 heterocycles. The molecule has 1 rings (SSSR count). The molecule has 35 heavy (non-hydrogen) atoms. The van der Waals surface area contributed by atoms with Crippen molar-refractivity contribution in [3.05, 3.63) is 18.2 Å². The van der Waals surface area contributed by atoms with Gasteiger partial charge in [0.05, 0.1) is 0 Å². The van der Waals surface area contributed by atoms with Gasteiger partial charge < -0.3 is 20.9 Å². The van der Waals surface area contributed by atoms with Gasteiger partial charge in [-0.1, -0.05) is 104 Å². The van der Waals surface area contributed by atoms with Gasteiger partial charge in [0.1, 0.15) is 0 Å². The van der Waals surface area contributed by atoms with Crippen LogP contribution in [0.4, 0.5) is 17.1 Å². The van der Waals surface area contributed by atoms with Crippen molar-refractivity contribution in [1.29, 1.82) is 0 Å². The Bertz CT molecular complexity index is 547. The summed E-state index contributed by atoms with van der Waals surface area (Å²) in [5.74, 6) is 0. The van der Waals surface area contributed by atoms with Crippen molar-refractivity contribution in [1.82, 2.24) is 4.90 Å². The number of unbranched alkanes of at least 4 members (excludes halogenated alkanes) is 14. The largest absolute Gasteiger partial charge is 0.385 e. The highest BCUT2D eigenvalue weighted by Crippen LogP contribution is 2.23. The monoisotopic (exact) mass is 488 g/mol. The zero-order valence-corrected chi connectivity index (χ0v) is 24.0. The first-order valence-corrected chi connectivity index (χ1v) is 15.2. The lowest BCUT2D eigenvalue weighted by molar-refractivity contribution is 0.405. The molecule has 0 amide bonds. The Balaban J connectivity index is 2.39. The van der Waals surface area contributed by atoms with E-state index < -0.39 is 0 Å². The van der Waals surface area contributed by atoms with E-state index in [1.54, 1.807) is 0 Å². The van der Waals surface area contributed by atoms with E-state index in [0.29, 0.717) is 0 Å². The van der Waals surface area contributed by atoms with Crippen LogP contribution < -0.4 is 16.0 Å². The van der Waals surface area contributed by atoms with Gasteiger partial charge in [0.25, 0.3) is 0 Å². The number of hydrogen-bond acceptors (Lipinski definition) is 4. The molecule has 204 valence electrons.